The number of halogens is 2. The molecule has 0 amide bonds. The summed E-state index contributed by atoms with van der Waals surface area (Å²) in [6.07, 6.45) is 3.22. The topological polar surface area (TPSA) is 30.0 Å². The molecule has 0 N–H and O–H groups in total. The zero-order chi connectivity index (χ0) is 11.7. The van der Waals surface area contributed by atoms with E-state index < -0.39 is 0 Å². The van der Waals surface area contributed by atoms with Gasteiger partial charge in [-0.05, 0) is 24.6 Å². The summed E-state index contributed by atoms with van der Waals surface area (Å²) in [5.41, 5.74) is 1.89. The Balaban J connectivity index is 2.43. The number of carbonyl (C=O) groups is 1. The van der Waals surface area contributed by atoms with Gasteiger partial charge in [-0.3, -0.25) is 9.78 Å². The Labute approximate surface area is 107 Å². The summed E-state index contributed by atoms with van der Waals surface area (Å²) in [5.74, 6) is -0.149. The number of thiophene rings is 1. The summed E-state index contributed by atoms with van der Waals surface area (Å²) in [4.78, 5) is 16.0. The Kier molecular flexibility index (Phi) is 3.28. The molecule has 0 unspecified atom stereocenters. The van der Waals surface area contributed by atoms with Gasteiger partial charge in [-0.25, -0.2) is 0 Å². The van der Waals surface area contributed by atoms with Crippen LogP contribution in [0.5, 0.6) is 0 Å². The first kappa shape index (κ1) is 11.6. The lowest BCUT2D eigenvalue weighted by Crippen LogP contribution is -2.01. The monoisotopic (exact) mass is 271 g/mol. The van der Waals surface area contributed by atoms with E-state index in [9.17, 15) is 4.79 Å². The molecule has 0 aliphatic carbocycles. The van der Waals surface area contributed by atoms with Gasteiger partial charge >= 0.3 is 0 Å². The molecule has 0 radical (unpaired) electrons. The minimum atomic E-state index is -0.149. The van der Waals surface area contributed by atoms with E-state index in [0.717, 1.165) is 5.56 Å². The summed E-state index contributed by atoms with van der Waals surface area (Å²) in [5, 5.41) is 0. The number of hydrogen-bond donors (Lipinski definition) is 0. The highest BCUT2D eigenvalue weighted by Gasteiger charge is 2.16. The number of aromatic nitrogens is 1. The molecule has 0 atom stereocenters. The SMILES string of the molecule is Cc1cncc(C(=O)c2cc(Cl)sc2Cl)c1. The van der Waals surface area contributed by atoms with Crippen LogP contribution in [0, 0.1) is 6.92 Å². The first-order chi connectivity index (χ1) is 7.58. The second kappa shape index (κ2) is 4.53. The third-order valence-electron chi connectivity index (χ3n) is 2.04. The van der Waals surface area contributed by atoms with Crippen LogP contribution in [-0.2, 0) is 0 Å². The molecular weight excluding hydrogens is 265 g/mol. The number of carbonyl (C=O) groups excluding carboxylic acids is 1. The highest BCUT2D eigenvalue weighted by molar-refractivity contribution is 7.20. The van der Waals surface area contributed by atoms with Crippen LogP contribution < -0.4 is 0 Å². The van der Waals surface area contributed by atoms with Gasteiger partial charge in [0.25, 0.3) is 0 Å². The fourth-order valence-corrected chi connectivity index (χ4v) is 2.79. The summed E-state index contributed by atoms with van der Waals surface area (Å²) in [7, 11) is 0. The molecule has 2 nitrogen and oxygen atoms in total. The van der Waals surface area contributed by atoms with Crippen molar-refractivity contribution in [3.05, 3.63) is 49.9 Å². The summed E-state index contributed by atoms with van der Waals surface area (Å²) in [6.45, 7) is 1.88. The van der Waals surface area contributed by atoms with Crippen LogP contribution in [0.2, 0.25) is 8.67 Å². The van der Waals surface area contributed by atoms with Gasteiger partial charge in [0, 0.05) is 18.0 Å². The van der Waals surface area contributed by atoms with Gasteiger partial charge in [0.15, 0.2) is 5.78 Å². The zero-order valence-electron chi connectivity index (χ0n) is 8.33. The van der Waals surface area contributed by atoms with Crippen molar-refractivity contribution in [2.24, 2.45) is 0 Å². The maximum Gasteiger partial charge on any atom is 0.196 e. The van der Waals surface area contributed by atoms with Crippen molar-refractivity contribution in [3.8, 4) is 0 Å². The maximum absolute atomic E-state index is 12.1. The summed E-state index contributed by atoms with van der Waals surface area (Å²) < 4.78 is 0.922. The van der Waals surface area contributed by atoms with E-state index in [4.69, 9.17) is 23.2 Å². The van der Waals surface area contributed by atoms with Gasteiger partial charge in [0.2, 0.25) is 0 Å². The lowest BCUT2D eigenvalue weighted by Gasteiger charge is -1.99. The Morgan fingerprint density at radius 3 is 2.62 bits per heavy atom. The second-order valence-electron chi connectivity index (χ2n) is 3.32. The molecule has 0 aromatic carbocycles. The quantitative estimate of drug-likeness (QED) is 0.774. The van der Waals surface area contributed by atoms with E-state index in [1.165, 1.54) is 17.5 Å². The van der Waals surface area contributed by atoms with Crippen LogP contribution in [-0.4, -0.2) is 10.8 Å². The van der Waals surface area contributed by atoms with Crippen LogP contribution in [0.15, 0.2) is 24.5 Å². The van der Waals surface area contributed by atoms with Crippen molar-refractivity contribution >= 4 is 40.3 Å². The van der Waals surface area contributed by atoms with Crippen molar-refractivity contribution in [3.63, 3.8) is 0 Å². The van der Waals surface area contributed by atoms with E-state index in [2.05, 4.69) is 4.98 Å². The van der Waals surface area contributed by atoms with Gasteiger partial charge in [-0.2, -0.15) is 0 Å². The van der Waals surface area contributed by atoms with E-state index in [1.807, 2.05) is 6.92 Å². The number of hydrogen-bond acceptors (Lipinski definition) is 3. The Morgan fingerprint density at radius 2 is 2.06 bits per heavy atom. The van der Waals surface area contributed by atoms with E-state index >= 15 is 0 Å². The highest BCUT2D eigenvalue weighted by atomic mass is 35.5. The molecule has 82 valence electrons. The lowest BCUT2D eigenvalue weighted by molar-refractivity contribution is 0.103. The normalized spacial score (nSPS) is 10.4. The summed E-state index contributed by atoms with van der Waals surface area (Å²) >= 11 is 12.9. The van der Waals surface area contributed by atoms with Crippen molar-refractivity contribution in [2.45, 2.75) is 6.92 Å². The second-order valence-corrected chi connectivity index (χ2v) is 5.60. The van der Waals surface area contributed by atoms with Crippen LogP contribution in [0.25, 0.3) is 0 Å². The molecule has 0 aliphatic rings. The molecule has 0 aliphatic heterocycles. The Morgan fingerprint density at radius 1 is 1.31 bits per heavy atom. The predicted octanol–water partition coefficient (Wildman–Crippen LogP) is 3.99. The summed E-state index contributed by atoms with van der Waals surface area (Å²) in [6, 6.07) is 3.36. The van der Waals surface area contributed by atoms with Gasteiger partial charge in [0.05, 0.1) is 9.90 Å². The number of nitrogens with zero attached hydrogens (tertiary/aromatic N) is 1. The van der Waals surface area contributed by atoms with Gasteiger partial charge in [-0.15, -0.1) is 11.3 Å². The average Bonchev–Trinajstić information content (AvgIpc) is 2.57. The van der Waals surface area contributed by atoms with Crippen LogP contribution in [0.3, 0.4) is 0 Å². The molecule has 2 aromatic rings. The van der Waals surface area contributed by atoms with Crippen molar-refractivity contribution in [2.75, 3.05) is 0 Å². The fourth-order valence-electron chi connectivity index (χ4n) is 1.33. The van der Waals surface area contributed by atoms with Crippen LogP contribution >= 0.6 is 34.5 Å². The first-order valence-electron chi connectivity index (χ1n) is 4.49. The molecule has 2 heterocycles. The molecule has 0 saturated heterocycles. The van der Waals surface area contributed by atoms with Crippen LogP contribution in [0.4, 0.5) is 0 Å². The van der Waals surface area contributed by atoms with Crippen molar-refractivity contribution in [1.82, 2.24) is 4.98 Å². The van der Waals surface area contributed by atoms with Gasteiger partial charge < -0.3 is 0 Å². The minimum absolute atomic E-state index is 0.149. The Hall–Kier alpha value is -0.900. The highest BCUT2D eigenvalue weighted by Crippen LogP contribution is 2.32. The third kappa shape index (κ3) is 2.26. The molecular formula is C11H7Cl2NOS. The van der Waals surface area contributed by atoms with Crippen molar-refractivity contribution in [1.29, 1.82) is 0 Å². The molecule has 16 heavy (non-hydrogen) atoms. The lowest BCUT2D eigenvalue weighted by atomic mass is 10.1. The maximum atomic E-state index is 12.1. The van der Waals surface area contributed by atoms with Crippen LogP contribution in [0.1, 0.15) is 21.5 Å². The number of rotatable bonds is 2. The molecule has 0 spiro atoms. The molecule has 2 aromatic heterocycles. The van der Waals surface area contributed by atoms with E-state index in [0.29, 0.717) is 19.8 Å². The largest absolute Gasteiger partial charge is 0.288 e. The predicted molar refractivity (Wildman–Crippen MR) is 66.7 cm³/mol. The standard InChI is InChI=1S/C11H7Cl2NOS/c1-6-2-7(5-14-4-6)10(15)8-3-9(12)16-11(8)13/h2-5H,1H3. The molecule has 5 heteroatoms. The number of pyridine rings is 1. The molecule has 0 fully saturated rings. The minimum Gasteiger partial charge on any atom is -0.288 e. The van der Waals surface area contributed by atoms with Gasteiger partial charge in [0.1, 0.15) is 4.34 Å². The number of aryl methyl sites for hydroxylation is 1. The first-order valence-corrected chi connectivity index (χ1v) is 6.06. The van der Waals surface area contributed by atoms with Gasteiger partial charge in [-0.1, -0.05) is 23.2 Å². The smallest absolute Gasteiger partial charge is 0.196 e. The van der Waals surface area contributed by atoms with E-state index in [1.54, 1.807) is 18.3 Å². The fraction of sp³-hybridized carbons (Fsp3) is 0.0909. The number of ketones is 1. The van der Waals surface area contributed by atoms with E-state index in [-0.39, 0.29) is 5.78 Å². The average molecular weight is 272 g/mol. The molecule has 0 bridgehead atoms. The Bertz CT molecular complexity index is 551. The van der Waals surface area contributed by atoms with Crippen molar-refractivity contribution < 1.29 is 4.79 Å². The third-order valence-corrected chi connectivity index (χ3v) is 3.53. The zero-order valence-corrected chi connectivity index (χ0v) is 10.7. The molecule has 2 rings (SSSR count). The molecule has 0 saturated carbocycles.